The van der Waals surface area contributed by atoms with Crippen molar-refractivity contribution < 1.29 is 0 Å². The van der Waals surface area contributed by atoms with E-state index >= 15 is 0 Å². The molecule has 0 radical (unpaired) electrons. The third kappa shape index (κ3) is 1.28. The Hall–Kier alpha value is -1.11. The third-order valence-corrected chi connectivity index (χ3v) is 2.65. The predicted molar refractivity (Wildman–Crippen MR) is 56.6 cm³/mol. The minimum Gasteiger partial charge on any atom is -0.288 e. The first-order valence-corrected chi connectivity index (χ1v) is 4.82. The van der Waals surface area contributed by atoms with Crippen molar-refractivity contribution in [2.75, 3.05) is 0 Å². The molecule has 0 N–H and O–H groups in total. The van der Waals surface area contributed by atoms with E-state index in [9.17, 15) is 0 Å². The fourth-order valence-electron chi connectivity index (χ4n) is 2.08. The fourth-order valence-corrected chi connectivity index (χ4v) is 2.08. The molecule has 0 unspecified atom stereocenters. The molecule has 1 aromatic carbocycles. The second-order valence-corrected chi connectivity index (χ2v) is 3.99. The van der Waals surface area contributed by atoms with Gasteiger partial charge in [0.05, 0.1) is 6.54 Å². The van der Waals surface area contributed by atoms with Crippen LogP contribution < -0.4 is 0 Å². The molecule has 0 amide bonds. The molecule has 2 rings (SSSR count). The largest absolute Gasteiger partial charge is 0.288 e. The maximum absolute atomic E-state index is 4.31. The minimum atomic E-state index is 0.597. The fraction of sp³-hybridized carbons (Fsp3) is 0.417. The highest BCUT2D eigenvalue weighted by Crippen LogP contribution is 2.27. The van der Waals surface area contributed by atoms with Crippen LogP contribution in [0.2, 0.25) is 0 Å². The topological polar surface area (TPSA) is 12.4 Å². The van der Waals surface area contributed by atoms with Crippen LogP contribution in [0, 0.1) is 6.92 Å². The average molecular weight is 173 g/mol. The molecule has 1 heterocycles. The second kappa shape index (κ2) is 2.99. The van der Waals surface area contributed by atoms with Crippen molar-refractivity contribution >= 4 is 6.21 Å². The van der Waals surface area contributed by atoms with Gasteiger partial charge >= 0.3 is 0 Å². The molecule has 1 heteroatoms. The Morgan fingerprint density at radius 2 is 2.08 bits per heavy atom. The number of hydrogen-bond donors (Lipinski definition) is 0. The zero-order valence-electron chi connectivity index (χ0n) is 8.46. The molecule has 0 fully saturated rings. The Bertz CT molecular complexity index is 362. The lowest BCUT2D eigenvalue weighted by atomic mass is 9.91. The molecule has 68 valence electrons. The van der Waals surface area contributed by atoms with Gasteiger partial charge in [0.15, 0.2) is 0 Å². The van der Waals surface area contributed by atoms with Crippen molar-refractivity contribution in [2.45, 2.75) is 33.2 Å². The highest BCUT2D eigenvalue weighted by molar-refractivity contribution is 5.87. The van der Waals surface area contributed by atoms with E-state index in [1.165, 1.54) is 22.3 Å². The maximum Gasteiger partial charge on any atom is 0.0646 e. The van der Waals surface area contributed by atoms with Crippen LogP contribution in [0.15, 0.2) is 17.1 Å². The van der Waals surface area contributed by atoms with Crippen LogP contribution in [-0.2, 0) is 6.54 Å². The summed E-state index contributed by atoms with van der Waals surface area (Å²) in [6.07, 6.45) is 2.03. The van der Waals surface area contributed by atoms with E-state index in [1.54, 1.807) is 0 Å². The van der Waals surface area contributed by atoms with Crippen molar-refractivity contribution in [3.8, 4) is 0 Å². The summed E-state index contributed by atoms with van der Waals surface area (Å²) >= 11 is 0. The molecule has 1 nitrogen and oxygen atoms in total. The summed E-state index contributed by atoms with van der Waals surface area (Å²) in [5.74, 6) is 0.597. The molecule has 0 aromatic heterocycles. The van der Waals surface area contributed by atoms with Gasteiger partial charge in [-0.05, 0) is 29.5 Å². The van der Waals surface area contributed by atoms with Crippen LogP contribution in [0.3, 0.4) is 0 Å². The molecule has 1 aliphatic rings. The smallest absolute Gasteiger partial charge is 0.0646 e. The molecule has 1 aliphatic heterocycles. The zero-order valence-corrected chi connectivity index (χ0v) is 8.46. The first-order chi connectivity index (χ1) is 6.20. The number of aryl methyl sites for hydroxylation is 1. The van der Waals surface area contributed by atoms with E-state index in [0.717, 1.165) is 6.54 Å². The van der Waals surface area contributed by atoms with Crippen LogP contribution in [0.4, 0.5) is 0 Å². The van der Waals surface area contributed by atoms with Crippen molar-refractivity contribution in [3.63, 3.8) is 0 Å². The number of hydrogen-bond acceptors (Lipinski definition) is 1. The van der Waals surface area contributed by atoms with E-state index in [1.807, 2.05) is 6.21 Å². The predicted octanol–water partition coefficient (Wildman–Crippen LogP) is 3.05. The van der Waals surface area contributed by atoms with Crippen LogP contribution in [0.25, 0.3) is 0 Å². The zero-order chi connectivity index (χ0) is 9.42. The lowest BCUT2D eigenvalue weighted by molar-refractivity contribution is 0.852. The van der Waals surface area contributed by atoms with E-state index in [2.05, 4.69) is 37.9 Å². The van der Waals surface area contributed by atoms with Crippen molar-refractivity contribution in [2.24, 2.45) is 4.99 Å². The molecule has 0 spiro atoms. The molecular formula is C12H15N. The highest BCUT2D eigenvalue weighted by atomic mass is 14.7. The quantitative estimate of drug-likeness (QED) is 0.619. The summed E-state index contributed by atoms with van der Waals surface area (Å²) in [4.78, 5) is 4.31. The van der Waals surface area contributed by atoms with Gasteiger partial charge in [-0.2, -0.15) is 0 Å². The van der Waals surface area contributed by atoms with Gasteiger partial charge in [0.2, 0.25) is 0 Å². The summed E-state index contributed by atoms with van der Waals surface area (Å²) in [7, 11) is 0. The lowest BCUT2D eigenvalue weighted by Crippen LogP contribution is -1.99. The van der Waals surface area contributed by atoms with Crippen LogP contribution in [0.5, 0.6) is 0 Å². The lowest BCUT2D eigenvalue weighted by Gasteiger charge is -2.13. The number of benzene rings is 1. The van der Waals surface area contributed by atoms with Crippen molar-refractivity contribution in [3.05, 3.63) is 34.4 Å². The Kier molecular flexibility index (Phi) is 1.95. The number of nitrogens with zero attached hydrogens (tertiary/aromatic N) is 1. The Morgan fingerprint density at radius 1 is 1.31 bits per heavy atom. The standard InChI is InChI=1S/C12H15N/c1-8(2)12-9(3)4-5-10-6-13-7-11(10)12/h4-5,7-8H,6H2,1-3H3. The van der Waals surface area contributed by atoms with E-state index in [-0.39, 0.29) is 0 Å². The van der Waals surface area contributed by atoms with Gasteiger partial charge in [0.25, 0.3) is 0 Å². The molecule has 13 heavy (non-hydrogen) atoms. The van der Waals surface area contributed by atoms with Gasteiger partial charge in [0.1, 0.15) is 0 Å². The first kappa shape index (κ1) is 8.49. The normalized spacial score (nSPS) is 13.8. The second-order valence-electron chi connectivity index (χ2n) is 3.99. The third-order valence-electron chi connectivity index (χ3n) is 2.65. The van der Waals surface area contributed by atoms with Crippen LogP contribution in [0.1, 0.15) is 42.0 Å². The van der Waals surface area contributed by atoms with Gasteiger partial charge in [-0.3, -0.25) is 4.99 Å². The molecule has 0 atom stereocenters. The summed E-state index contributed by atoms with van der Waals surface area (Å²) in [5.41, 5.74) is 5.62. The van der Waals surface area contributed by atoms with Crippen LogP contribution >= 0.6 is 0 Å². The van der Waals surface area contributed by atoms with Gasteiger partial charge in [-0.1, -0.05) is 26.0 Å². The summed E-state index contributed by atoms with van der Waals surface area (Å²) in [6.45, 7) is 7.54. The van der Waals surface area contributed by atoms with Crippen molar-refractivity contribution in [1.29, 1.82) is 0 Å². The Morgan fingerprint density at radius 3 is 2.77 bits per heavy atom. The van der Waals surface area contributed by atoms with E-state index < -0.39 is 0 Å². The van der Waals surface area contributed by atoms with Gasteiger partial charge < -0.3 is 0 Å². The molecule has 1 aromatic rings. The number of aliphatic imine (C=N–C) groups is 1. The molecule has 0 aliphatic carbocycles. The Balaban J connectivity index is 2.64. The van der Waals surface area contributed by atoms with Gasteiger partial charge in [-0.15, -0.1) is 0 Å². The maximum atomic E-state index is 4.31. The molecular weight excluding hydrogens is 158 g/mol. The number of fused-ring (bicyclic) bond motifs is 1. The summed E-state index contributed by atoms with van der Waals surface area (Å²) in [5, 5.41) is 0. The van der Waals surface area contributed by atoms with E-state index in [4.69, 9.17) is 0 Å². The Labute approximate surface area is 79.5 Å². The monoisotopic (exact) mass is 173 g/mol. The average Bonchev–Trinajstić information content (AvgIpc) is 2.50. The number of rotatable bonds is 1. The first-order valence-electron chi connectivity index (χ1n) is 4.82. The highest BCUT2D eigenvalue weighted by Gasteiger charge is 2.14. The summed E-state index contributed by atoms with van der Waals surface area (Å²) < 4.78 is 0. The van der Waals surface area contributed by atoms with Crippen LogP contribution in [-0.4, -0.2) is 6.21 Å². The molecule has 0 saturated carbocycles. The molecule has 0 saturated heterocycles. The molecule has 0 bridgehead atoms. The van der Waals surface area contributed by atoms with Gasteiger partial charge in [0, 0.05) is 11.8 Å². The SMILES string of the molecule is Cc1ccc2c(c1C(C)C)C=NC2. The van der Waals surface area contributed by atoms with Crippen molar-refractivity contribution in [1.82, 2.24) is 0 Å². The summed E-state index contributed by atoms with van der Waals surface area (Å²) in [6, 6.07) is 4.41. The van der Waals surface area contributed by atoms with Gasteiger partial charge in [-0.25, -0.2) is 0 Å². The van der Waals surface area contributed by atoms with E-state index in [0.29, 0.717) is 5.92 Å². The minimum absolute atomic E-state index is 0.597.